The van der Waals surface area contributed by atoms with Crippen molar-refractivity contribution in [2.75, 3.05) is 18.0 Å². The molecule has 3 aromatic rings. The first-order valence-corrected chi connectivity index (χ1v) is 13.1. The van der Waals surface area contributed by atoms with Crippen LogP contribution in [0.2, 0.25) is 0 Å². The number of nitrogens with zero attached hydrogens (tertiary/aromatic N) is 1. The van der Waals surface area contributed by atoms with Gasteiger partial charge in [-0.15, -0.1) is 0 Å². The second kappa shape index (κ2) is 11.0. The first kappa shape index (κ1) is 28.1. The van der Waals surface area contributed by atoms with Crippen LogP contribution in [0.3, 0.4) is 0 Å². The number of benzene rings is 3. The smallest absolute Gasteiger partial charge is 0.371 e. The van der Waals surface area contributed by atoms with Gasteiger partial charge in [0.1, 0.15) is 0 Å². The second-order valence-electron chi connectivity index (χ2n) is 10.7. The van der Waals surface area contributed by atoms with Gasteiger partial charge >= 0.3 is 12.4 Å². The Labute approximate surface area is 220 Å². The highest BCUT2D eigenvalue weighted by Crippen LogP contribution is 2.46. The Morgan fingerprint density at radius 2 is 1.37 bits per heavy atom. The Bertz CT molecular complexity index is 1200. The van der Waals surface area contributed by atoms with Crippen LogP contribution in [-0.4, -0.2) is 13.1 Å². The summed E-state index contributed by atoms with van der Waals surface area (Å²) in [5.41, 5.74) is 1.75. The van der Waals surface area contributed by atoms with Crippen LogP contribution in [0.4, 0.5) is 32.0 Å². The average Bonchev–Trinajstić information content (AvgIpc) is 2.87. The van der Waals surface area contributed by atoms with Gasteiger partial charge in [0.15, 0.2) is 0 Å². The topological polar surface area (TPSA) is 3.24 Å². The molecule has 0 N–H and O–H groups in total. The molecule has 0 spiro atoms. The quantitative estimate of drug-likeness (QED) is 0.285. The van der Waals surface area contributed by atoms with E-state index in [4.69, 9.17) is 0 Å². The Balaban J connectivity index is 1.69. The molecule has 1 fully saturated rings. The lowest BCUT2D eigenvalue weighted by molar-refractivity contribution is -0.139. The van der Waals surface area contributed by atoms with Gasteiger partial charge in [0.25, 0.3) is 0 Å². The highest BCUT2D eigenvalue weighted by atomic mass is 19.4. The largest absolute Gasteiger partial charge is 0.416 e. The molecule has 1 aliphatic heterocycles. The number of hydrogen-bond acceptors (Lipinski definition) is 1. The summed E-state index contributed by atoms with van der Waals surface area (Å²) in [5, 5.41) is 0. The van der Waals surface area contributed by atoms with E-state index in [1.165, 1.54) is 12.1 Å². The maximum atomic E-state index is 14.7. The van der Waals surface area contributed by atoms with Crippen molar-refractivity contribution in [2.24, 2.45) is 5.92 Å². The standard InChI is InChI=1S/C31H33F6N/c1-20(2)17-21(3)27-18-24(22-7-5-4-6-8-22)19-28(29(27)31(35,36)37)23-13-15-38(16-14-23)26-11-9-25(10-12-26)30(32,33)34/h4-12,18-21,23H,13-17H2,1-3H3. The van der Waals surface area contributed by atoms with E-state index in [9.17, 15) is 26.3 Å². The van der Waals surface area contributed by atoms with Crippen molar-refractivity contribution in [3.63, 3.8) is 0 Å². The second-order valence-corrected chi connectivity index (χ2v) is 10.7. The summed E-state index contributed by atoms with van der Waals surface area (Å²) >= 11 is 0. The number of anilines is 1. The first-order chi connectivity index (χ1) is 17.8. The zero-order chi connectivity index (χ0) is 27.7. The molecule has 0 saturated carbocycles. The summed E-state index contributed by atoms with van der Waals surface area (Å²) in [6, 6.07) is 17.9. The van der Waals surface area contributed by atoms with Crippen LogP contribution in [0, 0.1) is 5.92 Å². The van der Waals surface area contributed by atoms with Crippen molar-refractivity contribution in [3.8, 4) is 11.1 Å². The molecule has 1 aliphatic rings. The maximum Gasteiger partial charge on any atom is 0.416 e. The number of hydrogen-bond donors (Lipinski definition) is 0. The van der Waals surface area contributed by atoms with E-state index in [2.05, 4.69) is 0 Å². The Hall–Kier alpha value is -2.96. The molecule has 0 aromatic heterocycles. The summed E-state index contributed by atoms with van der Waals surface area (Å²) in [6.07, 6.45) is -7.28. The van der Waals surface area contributed by atoms with Crippen LogP contribution in [0.1, 0.15) is 74.1 Å². The Morgan fingerprint density at radius 1 is 0.763 bits per heavy atom. The SMILES string of the molecule is CC(C)CC(C)c1cc(-c2ccccc2)cc(C2CCN(c3ccc(C(F)(F)F)cc3)CC2)c1C(F)(F)F. The van der Waals surface area contributed by atoms with Gasteiger partial charge in [0, 0.05) is 18.8 Å². The van der Waals surface area contributed by atoms with Crippen LogP contribution >= 0.6 is 0 Å². The molecular weight excluding hydrogens is 500 g/mol. The summed E-state index contributed by atoms with van der Waals surface area (Å²) in [6.45, 7) is 6.85. The molecule has 1 atom stereocenters. The monoisotopic (exact) mass is 533 g/mol. The highest BCUT2D eigenvalue weighted by Gasteiger charge is 2.40. The minimum atomic E-state index is -4.49. The summed E-state index contributed by atoms with van der Waals surface area (Å²) in [5.74, 6) is -0.311. The minimum Gasteiger partial charge on any atom is -0.371 e. The van der Waals surface area contributed by atoms with Crippen molar-refractivity contribution in [2.45, 2.75) is 64.2 Å². The molecule has 0 amide bonds. The van der Waals surface area contributed by atoms with Gasteiger partial charge in [-0.3, -0.25) is 0 Å². The predicted octanol–water partition coefficient (Wildman–Crippen LogP) is 9.92. The van der Waals surface area contributed by atoms with Crippen molar-refractivity contribution in [1.29, 1.82) is 0 Å². The molecule has 7 heteroatoms. The Morgan fingerprint density at radius 3 is 1.89 bits per heavy atom. The third-order valence-corrected chi connectivity index (χ3v) is 7.44. The third kappa shape index (κ3) is 6.36. The van der Waals surface area contributed by atoms with Gasteiger partial charge in [-0.05, 0) is 83.5 Å². The molecule has 3 aromatic carbocycles. The molecule has 0 aliphatic carbocycles. The molecule has 1 saturated heterocycles. The van der Waals surface area contributed by atoms with Crippen molar-refractivity contribution < 1.29 is 26.3 Å². The van der Waals surface area contributed by atoms with Gasteiger partial charge in [0.05, 0.1) is 11.1 Å². The highest BCUT2D eigenvalue weighted by molar-refractivity contribution is 5.67. The first-order valence-electron chi connectivity index (χ1n) is 13.1. The zero-order valence-corrected chi connectivity index (χ0v) is 21.8. The normalized spacial score (nSPS) is 16.2. The van der Waals surface area contributed by atoms with E-state index in [0.717, 1.165) is 23.3 Å². The fourth-order valence-electron chi connectivity index (χ4n) is 5.67. The number of piperidine rings is 1. The van der Waals surface area contributed by atoms with Crippen LogP contribution < -0.4 is 4.90 Å². The molecule has 1 nitrogen and oxygen atoms in total. The van der Waals surface area contributed by atoms with Crippen LogP contribution in [0.5, 0.6) is 0 Å². The molecule has 4 rings (SSSR count). The lowest BCUT2D eigenvalue weighted by Crippen LogP contribution is -2.33. The fourth-order valence-corrected chi connectivity index (χ4v) is 5.67. The van der Waals surface area contributed by atoms with Crippen LogP contribution in [0.15, 0.2) is 66.7 Å². The van der Waals surface area contributed by atoms with Gasteiger partial charge in [-0.25, -0.2) is 0 Å². The number of halogens is 6. The molecule has 0 radical (unpaired) electrons. The van der Waals surface area contributed by atoms with E-state index < -0.39 is 23.5 Å². The lowest BCUT2D eigenvalue weighted by Gasteiger charge is -2.36. The van der Waals surface area contributed by atoms with E-state index in [0.29, 0.717) is 49.2 Å². The van der Waals surface area contributed by atoms with Crippen molar-refractivity contribution >= 4 is 5.69 Å². The molecule has 1 heterocycles. The minimum absolute atomic E-state index is 0.252. The summed E-state index contributed by atoms with van der Waals surface area (Å²) in [7, 11) is 0. The molecule has 0 bridgehead atoms. The van der Waals surface area contributed by atoms with E-state index in [1.54, 1.807) is 12.1 Å². The Kier molecular flexibility index (Phi) is 8.15. The summed E-state index contributed by atoms with van der Waals surface area (Å²) in [4.78, 5) is 1.95. The van der Waals surface area contributed by atoms with Crippen molar-refractivity contribution in [1.82, 2.24) is 0 Å². The maximum absolute atomic E-state index is 14.7. The zero-order valence-electron chi connectivity index (χ0n) is 21.8. The van der Waals surface area contributed by atoms with E-state index in [1.807, 2.05) is 56.0 Å². The van der Waals surface area contributed by atoms with E-state index >= 15 is 0 Å². The van der Waals surface area contributed by atoms with Crippen LogP contribution in [-0.2, 0) is 12.4 Å². The molecule has 38 heavy (non-hydrogen) atoms. The molecular formula is C31H33F6N. The van der Waals surface area contributed by atoms with Gasteiger partial charge in [-0.1, -0.05) is 63.2 Å². The van der Waals surface area contributed by atoms with Gasteiger partial charge in [-0.2, -0.15) is 26.3 Å². The third-order valence-electron chi connectivity index (χ3n) is 7.44. The molecule has 204 valence electrons. The lowest BCUT2D eigenvalue weighted by atomic mass is 9.79. The average molecular weight is 534 g/mol. The predicted molar refractivity (Wildman–Crippen MR) is 140 cm³/mol. The summed E-state index contributed by atoms with van der Waals surface area (Å²) < 4.78 is 82.8. The van der Waals surface area contributed by atoms with Gasteiger partial charge in [0.2, 0.25) is 0 Å². The number of alkyl halides is 6. The number of rotatable bonds is 6. The van der Waals surface area contributed by atoms with Crippen molar-refractivity contribution in [3.05, 3.63) is 89.0 Å². The van der Waals surface area contributed by atoms with Gasteiger partial charge < -0.3 is 4.90 Å². The van der Waals surface area contributed by atoms with E-state index in [-0.39, 0.29) is 17.8 Å². The van der Waals surface area contributed by atoms with Crippen LogP contribution in [0.25, 0.3) is 11.1 Å². The molecule has 1 unspecified atom stereocenters. The fraction of sp³-hybridized carbons (Fsp3) is 0.419.